The molecule has 3 rings (SSSR count). The monoisotopic (exact) mass is 397 g/mol. The van der Waals surface area contributed by atoms with Crippen molar-refractivity contribution in [2.75, 3.05) is 13.7 Å². The normalized spacial score (nSPS) is 17.6. The maximum Gasteiger partial charge on any atom is 0.254 e. The average Bonchev–Trinajstić information content (AvgIpc) is 3.45. The van der Waals surface area contributed by atoms with Crippen molar-refractivity contribution in [3.05, 3.63) is 40.1 Å². The number of nitrogens with one attached hydrogen (secondary N) is 1. The van der Waals surface area contributed by atoms with Gasteiger partial charge < -0.3 is 15.0 Å². The van der Waals surface area contributed by atoms with Crippen LogP contribution in [0, 0.1) is 0 Å². The molecule has 0 bridgehead atoms. The van der Waals surface area contributed by atoms with E-state index in [2.05, 4.69) is 40.8 Å². The third-order valence-corrected chi connectivity index (χ3v) is 5.68. The van der Waals surface area contributed by atoms with Gasteiger partial charge in [0, 0.05) is 29.7 Å². The standard InChI is InChI=1S/C22H31N5O2/c1-7-15(19(23-5)26-22(4)9-10-22)18(14(2)3)21(28)27-11-8-17-16(12-27)20(29-6)25-13-24-17/h13,26H,5,7-12H2,1-4,6H3/b19-15-. The Bertz CT molecular complexity index is 865. The summed E-state index contributed by atoms with van der Waals surface area (Å²) in [5, 5.41) is 3.50. The Morgan fingerprint density at radius 3 is 2.66 bits per heavy atom. The predicted molar refractivity (Wildman–Crippen MR) is 114 cm³/mol. The lowest BCUT2D eigenvalue weighted by atomic mass is 9.96. The maximum atomic E-state index is 13.6. The van der Waals surface area contributed by atoms with E-state index in [0.29, 0.717) is 37.4 Å². The van der Waals surface area contributed by atoms with Crippen LogP contribution in [-0.4, -0.2) is 46.7 Å². The van der Waals surface area contributed by atoms with Gasteiger partial charge in [0.05, 0.1) is 24.9 Å². The van der Waals surface area contributed by atoms with Gasteiger partial charge >= 0.3 is 0 Å². The fourth-order valence-corrected chi connectivity index (χ4v) is 3.74. The molecule has 0 unspecified atom stereocenters. The van der Waals surface area contributed by atoms with Crippen molar-refractivity contribution in [2.24, 2.45) is 4.99 Å². The quantitative estimate of drug-likeness (QED) is 0.434. The molecule has 1 aliphatic heterocycles. The molecule has 1 saturated carbocycles. The summed E-state index contributed by atoms with van der Waals surface area (Å²) >= 11 is 0. The first-order chi connectivity index (χ1) is 13.8. The molecular weight excluding hydrogens is 366 g/mol. The number of nitrogens with zero attached hydrogens (tertiary/aromatic N) is 4. The highest BCUT2D eigenvalue weighted by Gasteiger charge is 2.38. The Morgan fingerprint density at radius 2 is 2.10 bits per heavy atom. The highest BCUT2D eigenvalue weighted by molar-refractivity contribution is 5.98. The minimum Gasteiger partial charge on any atom is -0.481 e. The number of hydrogen-bond acceptors (Lipinski definition) is 6. The van der Waals surface area contributed by atoms with E-state index >= 15 is 0 Å². The molecule has 1 aromatic heterocycles. The SMILES string of the molecule is C=N/C(NC1(C)CC1)=C(\CC)C(C(=O)N1CCc2ncnc(OC)c2C1)=C(C)C. The van der Waals surface area contributed by atoms with E-state index in [0.717, 1.165) is 41.1 Å². The topological polar surface area (TPSA) is 79.7 Å². The van der Waals surface area contributed by atoms with Gasteiger partial charge in [-0.3, -0.25) is 4.79 Å². The van der Waals surface area contributed by atoms with Crippen LogP contribution >= 0.6 is 0 Å². The molecule has 1 N–H and O–H groups in total. The van der Waals surface area contributed by atoms with Gasteiger partial charge in [-0.25, -0.2) is 15.0 Å². The van der Waals surface area contributed by atoms with Gasteiger partial charge in [0.15, 0.2) is 0 Å². The summed E-state index contributed by atoms with van der Waals surface area (Å²) in [6.45, 7) is 13.0. The number of aromatic nitrogens is 2. The molecule has 1 fully saturated rings. The Kier molecular flexibility index (Phi) is 6.05. The fourth-order valence-electron chi connectivity index (χ4n) is 3.74. The second-order valence-corrected chi connectivity index (χ2v) is 8.18. The Hall–Kier alpha value is -2.70. The van der Waals surface area contributed by atoms with E-state index in [1.165, 1.54) is 6.33 Å². The zero-order valence-corrected chi connectivity index (χ0v) is 18.1. The van der Waals surface area contributed by atoms with Crippen LogP contribution in [0.1, 0.15) is 58.2 Å². The van der Waals surface area contributed by atoms with E-state index in [-0.39, 0.29) is 11.4 Å². The minimum atomic E-state index is 0.00214. The average molecular weight is 398 g/mol. The van der Waals surface area contributed by atoms with Gasteiger partial charge in [-0.05, 0) is 46.8 Å². The number of rotatable bonds is 7. The van der Waals surface area contributed by atoms with E-state index < -0.39 is 0 Å². The third-order valence-electron chi connectivity index (χ3n) is 5.68. The Balaban J connectivity index is 1.94. The molecule has 0 saturated heterocycles. The highest BCUT2D eigenvalue weighted by atomic mass is 16.5. The first-order valence-corrected chi connectivity index (χ1v) is 10.2. The summed E-state index contributed by atoms with van der Waals surface area (Å²) in [7, 11) is 1.59. The highest BCUT2D eigenvalue weighted by Crippen LogP contribution is 2.37. The van der Waals surface area contributed by atoms with Crippen LogP contribution in [0.2, 0.25) is 0 Å². The first kappa shape index (κ1) is 21.0. The zero-order valence-electron chi connectivity index (χ0n) is 18.1. The van der Waals surface area contributed by atoms with Crippen molar-refractivity contribution in [3.8, 4) is 5.88 Å². The van der Waals surface area contributed by atoms with E-state index in [1.807, 2.05) is 18.7 Å². The van der Waals surface area contributed by atoms with E-state index in [1.54, 1.807) is 7.11 Å². The van der Waals surface area contributed by atoms with Crippen LogP contribution in [0.25, 0.3) is 0 Å². The largest absolute Gasteiger partial charge is 0.481 e. The van der Waals surface area contributed by atoms with Gasteiger partial charge in [-0.15, -0.1) is 0 Å². The third kappa shape index (κ3) is 4.33. The molecule has 0 spiro atoms. The van der Waals surface area contributed by atoms with Crippen LogP contribution in [0.4, 0.5) is 0 Å². The number of fused-ring (bicyclic) bond motifs is 1. The van der Waals surface area contributed by atoms with Crippen molar-refractivity contribution < 1.29 is 9.53 Å². The van der Waals surface area contributed by atoms with Crippen LogP contribution in [0.5, 0.6) is 5.88 Å². The zero-order chi connectivity index (χ0) is 21.2. The second kappa shape index (κ2) is 8.35. The summed E-state index contributed by atoms with van der Waals surface area (Å²) in [5.74, 6) is 1.26. The lowest BCUT2D eigenvalue weighted by Crippen LogP contribution is -2.38. The van der Waals surface area contributed by atoms with Gasteiger partial charge in [0.1, 0.15) is 12.1 Å². The van der Waals surface area contributed by atoms with Crippen molar-refractivity contribution in [1.29, 1.82) is 0 Å². The van der Waals surface area contributed by atoms with Gasteiger partial charge in [-0.1, -0.05) is 12.5 Å². The summed E-state index contributed by atoms with van der Waals surface area (Å²) in [4.78, 5) is 28.3. The Morgan fingerprint density at radius 1 is 1.38 bits per heavy atom. The smallest absolute Gasteiger partial charge is 0.254 e. The summed E-state index contributed by atoms with van der Waals surface area (Å²) in [6, 6.07) is 0. The predicted octanol–water partition coefficient (Wildman–Crippen LogP) is 3.17. The first-order valence-electron chi connectivity index (χ1n) is 10.2. The van der Waals surface area contributed by atoms with E-state index in [4.69, 9.17) is 4.74 Å². The molecule has 29 heavy (non-hydrogen) atoms. The molecule has 1 aliphatic carbocycles. The van der Waals surface area contributed by atoms with Crippen molar-refractivity contribution in [1.82, 2.24) is 20.2 Å². The molecule has 1 aromatic rings. The lowest BCUT2D eigenvalue weighted by molar-refractivity contribution is -0.127. The van der Waals surface area contributed by atoms with Gasteiger partial charge in [0.2, 0.25) is 5.88 Å². The molecule has 0 aromatic carbocycles. The molecule has 7 heteroatoms. The number of hydrogen-bond donors (Lipinski definition) is 1. The number of ether oxygens (including phenoxy) is 1. The van der Waals surface area contributed by atoms with Crippen LogP contribution < -0.4 is 10.1 Å². The molecule has 0 atom stereocenters. The summed E-state index contributed by atoms with van der Waals surface area (Å²) < 4.78 is 5.39. The van der Waals surface area contributed by atoms with Crippen molar-refractivity contribution >= 4 is 12.6 Å². The van der Waals surface area contributed by atoms with Crippen LogP contribution in [0.15, 0.2) is 33.9 Å². The van der Waals surface area contributed by atoms with Crippen molar-refractivity contribution in [3.63, 3.8) is 0 Å². The summed E-state index contributed by atoms with van der Waals surface area (Å²) in [6.07, 6.45) is 5.10. The number of amides is 1. The molecule has 0 radical (unpaired) electrons. The number of carbonyl (C=O) groups excluding carboxylic acids is 1. The van der Waals surface area contributed by atoms with Gasteiger partial charge in [-0.2, -0.15) is 0 Å². The fraction of sp³-hybridized carbons (Fsp3) is 0.545. The minimum absolute atomic E-state index is 0.00214. The molecule has 1 amide bonds. The molecular formula is C22H31N5O2. The van der Waals surface area contributed by atoms with Crippen molar-refractivity contribution in [2.45, 2.75) is 65.5 Å². The Labute approximate surface area is 173 Å². The van der Waals surface area contributed by atoms with E-state index in [9.17, 15) is 4.79 Å². The second-order valence-electron chi connectivity index (χ2n) is 8.18. The molecule has 7 nitrogen and oxygen atoms in total. The molecule has 2 aliphatic rings. The maximum absolute atomic E-state index is 13.6. The summed E-state index contributed by atoms with van der Waals surface area (Å²) in [5.41, 5.74) is 4.49. The van der Waals surface area contributed by atoms with Crippen LogP contribution in [0.3, 0.4) is 0 Å². The lowest BCUT2D eigenvalue weighted by Gasteiger charge is -2.31. The number of carbonyl (C=O) groups is 1. The van der Waals surface area contributed by atoms with Gasteiger partial charge in [0.25, 0.3) is 5.91 Å². The number of allylic oxidation sites excluding steroid dienone is 1. The molecule has 156 valence electrons. The number of methoxy groups -OCH3 is 1. The van der Waals surface area contributed by atoms with Crippen LogP contribution in [-0.2, 0) is 17.8 Å². The molecule has 2 heterocycles. The number of aliphatic imine (C=N–C) groups is 1.